The van der Waals surface area contributed by atoms with Gasteiger partial charge in [0.25, 0.3) is 0 Å². The molecule has 0 bridgehead atoms. The molecule has 0 unspecified atom stereocenters. The van der Waals surface area contributed by atoms with Crippen LogP contribution in [-0.2, 0) is 6.42 Å². The third kappa shape index (κ3) is 2.18. The van der Waals surface area contributed by atoms with Crippen LogP contribution in [0, 0.1) is 0 Å². The second-order valence-electron chi connectivity index (χ2n) is 4.11. The van der Waals surface area contributed by atoms with E-state index in [-0.39, 0.29) is 0 Å². The van der Waals surface area contributed by atoms with E-state index in [2.05, 4.69) is 44.7 Å². The first-order chi connectivity index (χ1) is 8.93. The van der Waals surface area contributed by atoms with Gasteiger partial charge in [0.2, 0.25) is 5.95 Å². The molecular weight excluding hydrogens is 224 g/mol. The zero-order valence-corrected chi connectivity index (χ0v) is 9.93. The number of rotatable bonds is 4. The van der Waals surface area contributed by atoms with Crippen LogP contribution in [0.25, 0.3) is 10.9 Å². The molecule has 2 heterocycles. The van der Waals surface area contributed by atoms with Gasteiger partial charge in [0.15, 0.2) is 0 Å². The van der Waals surface area contributed by atoms with Gasteiger partial charge in [-0.3, -0.25) is 0 Å². The lowest BCUT2D eigenvalue weighted by atomic mass is 10.1. The van der Waals surface area contributed by atoms with Crippen molar-refractivity contribution < 1.29 is 0 Å². The van der Waals surface area contributed by atoms with E-state index < -0.39 is 0 Å². The maximum absolute atomic E-state index is 4.13. The summed E-state index contributed by atoms with van der Waals surface area (Å²) in [7, 11) is 0. The number of H-pyrrole nitrogens is 1. The topological polar surface area (TPSA) is 53.6 Å². The zero-order chi connectivity index (χ0) is 12.2. The fraction of sp³-hybridized carbons (Fsp3) is 0.143. The quantitative estimate of drug-likeness (QED) is 0.734. The summed E-state index contributed by atoms with van der Waals surface area (Å²) in [6.45, 7) is 0.825. The molecule has 3 aromatic rings. The van der Waals surface area contributed by atoms with Gasteiger partial charge >= 0.3 is 0 Å². The minimum atomic E-state index is 0.678. The Kier molecular flexibility index (Phi) is 2.92. The van der Waals surface area contributed by atoms with Crippen molar-refractivity contribution in [2.75, 3.05) is 11.9 Å². The van der Waals surface area contributed by atoms with Crippen molar-refractivity contribution >= 4 is 16.9 Å². The van der Waals surface area contributed by atoms with Gasteiger partial charge in [-0.1, -0.05) is 18.2 Å². The molecule has 0 amide bonds. The van der Waals surface area contributed by atoms with Gasteiger partial charge in [0.1, 0.15) is 0 Å². The Hall–Kier alpha value is -2.36. The summed E-state index contributed by atoms with van der Waals surface area (Å²) < 4.78 is 0. The number of fused-ring (bicyclic) bond motifs is 1. The Morgan fingerprint density at radius 3 is 2.78 bits per heavy atom. The predicted molar refractivity (Wildman–Crippen MR) is 72.5 cm³/mol. The number of para-hydroxylation sites is 1. The number of anilines is 1. The van der Waals surface area contributed by atoms with Crippen LogP contribution in [0.15, 0.2) is 48.9 Å². The summed E-state index contributed by atoms with van der Waals surface area (Å²) in [4.78, 5) is 11.5. The van der Waals surface area contributed by atoms with Gasteiger partial charge in [0.05, 0.1) is 0 Å². The molecular formula is C14H14N4. The van der Waals surface area contributed by atoms with Crippen molar-refractivity contribution in [2.45, 2.75) is 6.42 Å². The molecule has 0 aliphatic rings. The number of nitrogens with one attached hydrogen (secondary N) is 2. The highest BCUT2D eigenvalue weighted by atomic mass is 15.1. The largest absolute Gasteiger partial charge is 0.361 e. The first-order valence-corrected chi connectivity index (χ1v) is 5.99. The van der Waals surface area contributed by atoms with Crippen LogP contribution in [0.3, 0.4) is 0 Å². The van der Waals surface area contributed by atoms with Crippen molar-refractivity contribution in [3.05, 3.63) is 54.5 Å². The molecule has 0 aliphatic heterocycles. The van der Waals surface area contributed by atoms with Crippen LogP contribution >= 0.6 is 0 Å². The van der Waals surface area contributed by atoms with Crippen LogP contribution in [0.2, 0.25) is 0 Å². The second kappa shape index (κ2) is 4.87. The highest BCUT2D eigenvalue weighted by molar-refractivity contribution is 5.83. The van der Waals surface area contributed by atoms with Crippen molar-refractivity contribution in [1.29, 1.82) is 0 Å². The summed E-state index contributed by atoms with van der Waals surface area (Å²) in [5.41, 5.74) is 2.50. The summed E-state index contributed by atoms with van der Waals surface area (Å²) in [6, 6.07) is 10.1. The molecule has 0 saturated carbocycles. The average Bonchev–Trinajstić information content (AvgIpc) is 2.84. The van der Waals surface area contributed by atoms with Gasteiger partial charge in [-0.15, -0.1) is 0 Å². The van der Waals surface area contributed by atoms with E-state index in [4.69, 9.17) is 0 Å². The highest BCUT2D eigenvalue weighted by Crippen LogP contribution is 2.17. The SMILES string of the molecule is c1cnc(NCCc2c[nH]c3ccccc23)nc1. The lowest BCUT2D eigenvalue weighted by molar-refractivity contribution is 0.990. The van der Waals surface area contributed by atoms with Gasteiger partial charge in [-0.2, -0.15) is 0 Å². The molecule has 0 atom stereocenters. The minimum Gasteiger partial charge on any atom is -0.361 e. The van der Waals surface area contributed by atoms with Crippen LogP contribution in [-0.4, -0.2) is 21.5 Å². The zero-order valence-electron chi connectivity index (χ0n) is 9.93. The molecule has 90 valence electrons. The number of hydrogen-bond donors (Lipinski definition) is 2. The Morgan fingerprint density at radius 2 is 1.89 bits per heavy atom. The molecule has 2 N–H and O–H groups in total. The van der Waals surface area contributed by atoms with Crippen molar-refractivity contribution in [1.82, 2.24) is 15.0 Å². The molecule has 0 aliphatic carbocycles. The first kappa shape index (κ1) is 10.8. The lowest BCUT2D eigenvalue weighted by Gasteiger charge is -2.03. The van der Waals surface area contributed by atoms with Crippen LogP contribution in [0.1, 0.15) is 5.56 Å². The second-order valence-corrected chi connectivity index (χ2v) is 4.11. The Balaban J connectivity index is 1.67. The van der Waals surface area contributed by atoms with Crippen LogP contribution in [0.4, 0.5) is 5.95 Å². The van der Waals surface area contributed by atoms with E-state index in [1.165, 1.54) is 16.5 Å². The molecule has 0 fully saturated rings. The Labute approximate surface area is 105 Å². The Bertz CT molecular complexity index is 630. The molecule has 3 rings (SSSR count). The van der Waals surface area contributed by atoms with Gasteiger partial charge < -0.3 is 10.3 Å². The summed E-state index contributed by atoms with van der Waals surface area (Å²) in [5.74, 6) is 0.678. The smallest absolute Gasteiger partial charge is 0.222 e. The van der Waals surface area contributed by atoms with E-state index in [0.717, 1.165) is 13.0 Å². The minimum absolute atomic E-state index is 0.678. The third-order valence-electron chi connectivity index (χ3n) is 2.92. The fourth-order valence-corrected chi connectivity index (χ4v) is 2.04. The van der Waals surface area contributed by atoms with E-state index in [0.29, 0.717) is 5.95 Å². The van der Waals surface area contributed by atoms with Crippen molar-refractivity contribution in [3.63, 3.8) is 0 Å². The molecule has 4 heteroatoms. The summed E-state index contributed by atoms with van der Waals surface area (Å²) in [5, 5.41) is 4.50. The van der Waals surface area contributed by atoms with Crippen molar-refractivity contribution in [3.8, 4) is 0 Å². The monoisotopic (exact) mass is 238 g/mol. The molecule has 1 aromatic carbocycles. The normalized spacial score (nSPS) is 10.7. The highest BCUT2D eigenvalue weighted by Gasteiger charge is 2.02. The van der Waals surface area contributed by atoms with Gasteiger partial charge in [0, 0.05) is 36.0 Å². The third-order valence-corrected chi connectivity index (χ3v) is 2.92. The fourth-order valence-electron chi connectivity index (χ4n) is 2.04. The maximum Gasteiger partial charge on any atom is 0.222 e. The lowest BCUT2D eigenvalue weighted by Crippen LogP contribution is -2.07. The molecule has 18 heavy (non-hydrogen) atoms. The Morgan fingerprint density at radius 1 is 1.06 bits per heavy atom. The van der Waals surface area contributed by atoms with Crippen LogP contribution < -0.4 is 5.32 Å². The first-order valence-electron chi connectivity index (χ1n) is 5.99. The summed E-state index contributed by atoms with van der Waals surface area (Å²) in [6.07, 6.45) is 6.49. The van der Waals surface area contributed by atoms with Gasteiger partial charge in [-0.05, 0) is 24.1 Å². The van der Waals surface area contributed by atoms with E-state index >= 15 is 0 Å². The van der Waals surface area contributed by atoms with E-state index in [1.54, 1.807) is 12.4 Å². The molecule has 0 spiro atoms. The number of aromatic amines is 1. The number of hydrogen-bond acceptors (Lipinski definition) is 3. The molecule has 0 saturated heterocycles. The standard InChI is InChI=1S/C14H14N4/c1-2-5-13-12(4-1)11(10-18-13)6-9-17-14-15-7-3-8-16-14/h1-5,7-8,10,18H,6,9H2,(H,15,16,17). The van der Waals surface area contributed by atoms with E-state index in [9.17, 15) is 0 Å². The summed E-state index contributed by atoms with van der Waals surface area (Å²) >= 11 is 0. The predicted octanol–water partition coefficient (Wildman–Crippen LogP) is 2.61. The number of aromatic nitrogens is 3. The maximum atomic E-state index is 4.13. The molecule has 4 nitrogen and oxygen atoms in total. The van der Waals surface area contributed by atoms with Crippen LogP contribution in [0.5, 0.6) is 0 Å². The van der Waals surface area contributed by atoms with E-state index in [1.807, 2.05) is 12.1 Å². The number of benzene rings is 1. The molecule has 0 radical (unpaired) electrons. The van der Waals surface area contributed by atoms with Crippen molar-refractivity contribution in [2.24, 2.45) is 0 Å². The average molecular weight is 238 g/mol. The molecule has 2 aromatic heterocycles. The number of nitrogens with zero attached hydrogens (tertiary/aromatic N) is 2. The van der Waals surface area contributed by atoms with Gasteiger partial charge in [-0.25, -0.2) is 9.97 Å².